The van der Waals surface area contributed by atoms with E-state index in [2.05, 4.69) is 4.98 Å². The molecule has 24 heavy (non-hydrogen) atoms. The van der Waals surface area contributed by atoms with Crippen molar-refractivity contribution in [2.75, 3.05) is 26.2 Å². The van der Waals surface area contributed by atoms with Gasteiger partial charge in [-0.3, -0.25) is 14.4 Å². The molecule has 0 radical (unpaired) electrons. The number of nitrogens with two attached hydrogens (primary N) is 1. The van der Waals surface area contributed by atoms with Crippen molar-refractivity contribution >= 4 is 29.1 Å². The molecule has 8 heteroatoms. The Balaban J connectivity index is 1.61. The molecule has 0 atom stereocenters. The Hall–Kier alpha value is -2.61. The highest BCUT2D eigenvalue weighted by molar-refractivity contribution is 7.13. The van der Waals surface area contributed by atoms with E-state index in [-0.39, 0.29) is 17.4 Å². The molecule has 126 valence electrons. The third-order valence-electron chi connectivity index (χ3n) is 4.00. The highest BCUT2D eigenvalue weighted by Crippen LogP contribution is 2.18. The lowest BCUT2D eigenvalue weighted by Gasteiger charge is -2.34. The predicted molar refractivity (Wildman–Crippen MR) is 90.2 cm³/mol. The average Bonchev–Trinajstić information content (AvgIpc) is 3.23. The fraction of sp³-hybridized carbons (Fsp3) is 0.312. The molecule has 0 aromatic carbocycles. The van der Waals surface area contributed by atoms with Crippen LogP contribution in [0.4, 0.5) is 0 Å². The van der Waals surface area contributed by atoms with Crippen molar-refractivity contribution in [2.45, 2.75) is 6.92 Å². The molecular weight excluding hydrogens is 328 g/mol. The second kappa shape index (κ2) is 6.48. The number of nitrogens with one attached hydrogen (secondary N) is 1. The van der Waals surface area contributed by atoms with Crippen LogP contribution in [0.15, 0.2) is 24.4 Å². The summed E-state index contributed by atoms with van der Waals surface area (Å²) < 4.78 is 0. The Morgan fingerprint density at radius 1 is 1.08 bits per heavy atom. The number of amides is 3. The van der Waals surface area contributed by atoms with Crippen LogP contribution in [0.1, 0.15) is 35.4 Å². The third-order valence-corrected chi connectivity index (χ3v) is 4.99. The Morgan fingerprint density at radius 3 is 2.21 bits per heavy atom. The lowest BCUT2D eigenvalue weighted by molar-refractivity contribution is 0.0535. The molecule has 1 fully saturated rings. The number of aromatic nitrogens is 1. The zero-order chi connectivity index (χ0) is 17.3. The molecule has 0 bridgehead atoms. The van der Waals surface area contributed by atoms with Gasteiger partial charge in [-0.2, -0.15) is 0 Å². The van der Waals surface area contributed by atoms with Crippen molar-refractivity contribution in [3.05, 3.63) is 45.4 Å². The van der Waals surface area contributed by atoms with Gasteiger partial charge in [-0.1, -0.05) is 0 Å². The molecule has 0 unspecified atom stereocenters. The first-order valence-electron chi connectivity index (χ1n) is 7.59. The lowest BCUT2D eigenvalue weighted by Crippen LogP contribution is -2.50. The van der Waals surface area contributed by atoms with Crippen molar-refractivity contribution < 1.29 is 14.4 Å². The average molecular weight is 346 g/mol. The van der Waals surface area contributed by atoms with Crippen molar-refractivity contribution in [3.63, 3.8) is 0 Å². The summed E-state index contributed by atoms with van der Waals surface area (Å²) in [6, 6.07) is 5.22. The molecule has 0 aliphatic carbocycles. The molecule has 2 aromatic heterocycles. The second-order valence-electron chi connectivity index (χ2n) is 5.66. The van der Waals surface area contributed by atoms with Gasteiger partial charge >= 0.3 is 0 Å². The molecule has 0 saturated carbocycles. The van der Waals surface area contributed by atoms with Gasteiger partial charge in [-0.25, -0.2) is 0 Å². The molecule has 2 aromatic rings. The number of carbonyl (C=O) groups is 3. The lowest BCUT2D eigenvalue weighted by atomic mass is 10.2. The van der Waals surface area contributed by atoms with Gasteiger partial charge in [0.25, 0.3) is 11.8 Å². The van der Waals surface area contributed by atoms with E-state index in [1.54, 1.807) is 9.80 Å². The van der Waals surface area contributed by atoms with Crippen molar-refractivity contribution in [1.82, 2.24) is 14.8 Å². The zero-order valence-corrected chi connectivity index (χ0v) is 14.1. The van der Waals surface area contributed by atoms with Gasteiger partial charge in [0.05, 0.1) is 10.4 Å². The maximum atomic E-state index is 12.4. The maximum absolute atomic E-state index is 12.4. The summed E-state index contributed by atoms with van der Waals surface area (Å²) in [6.45, 7) is 3.87. The Morgan fingerprint density at radius 2 is 1.71 bits per heavy atom. The number of piperazine rings is 1. The van der Waals surface area contributed by atoms with Crippen LogP contribution in [0.2, 0.25) is 0 Å². The standard InChI is InChI=1S/C16H18N4O3S/c1-10-2-3-13(24-10)16(23)20-6-4-19(5-7-20)15(22)12-8-11(9-18-12)14(17)21/h2-3,8-9,18H,4-7H2,1H3,(H2,17,21). The number of nitrogens with zero attached hydrogens (tertiary/aromatic N) is 2. The van der Waals surface area contributed by atoms with Gasteiger partial charge in [0.15, 0.2) is 0 Å². The number of hydrogen-bond donors (Lipinski definition) is 2. The van der Waals surface area contributed by atoms with Gasteiger partial charge in [-0.15, -0.1) is 11.3 Å². The second-order valence-corrected chi connectivity index (χ2v) is 6.95. The van der Waals surface area contributed by atoms with E-state index in [9.17, 15) is 14.4 Å². The smallest absolute Gasteiger partial charge is 0.270 e. The minimum Gasteiger partial charge on any atom is -0.366 e. The number of rotatable bonds is 3. The Labute approximate surface area is 143 Å². The number of primary amides is 1. The van der Waals surface area contributed by atoms with Crippen molar-refractivity contribution in [1.29, 1.82) is 0 Å². The molecule has 3 rings (SSSR count). The third kappa shape index (κ3) is 3.18. The van der Waals surface area contributed by atoms with E-state index < -0.39 is 5.91 Å². The molecule has 3 amide bonds. The van der Waals surface area contributed by atoms with Gasteiger partial charge in [0.1, 0.15) is 5.69 Å². The highest BCUT2D eigenvalue weighted by atomic mass is 32.1. The van der Waals surface area contributed by atoms with Crippen molar-refractivity contribution in [2.24, 2.45) is 5.73 Å². The number of carbonyl (C=O) groups excluding carboxylic acids is 3. The monoisotopic (exact) mass is 346 g/mol. The van der Waals surface area contributed by atoms with E-state index in [1.807, 2.05) is 19.1 Å². The number of aromatic amines is 1. The minimum atomic E-state index is -0.577. The zero-order valence-electron chi connectivity index (χ0n) is 13.2. The quantitative estimate of drug-likeness (QED) is 0.870. The van der Waals surface area contributed by atoms with E-state index in [4.69, 9.17) is 5.73 Å². The number of H-pyrrole nitrogens is 1. The van der Waals surface area contributed by atoms with Crippen LogP contribution in [-0.4, -0.2) is 58.7 Å². The molecular formula is C16H18N4O3S. The summed E-state index contributed by atoms with van der Waals surface area (Å²) in [7, 11) is 0. The molecule has 1 aliphatic heterocycles. The Kier molecular flexibility index (Phi) is 4.39. The van der Waals surface area contributed by atoms with Crippen LogP contribution >= 0.6 is 11.3 Å². The first-order valence-corrected chi connectivity index (χ1v) is 8.40. The summed E-state index contributed by atoms with van der Waals surface area (Å²) in [5.74, 6) is -0.760. The minimum absolute atomic E-state index is 0.0103. The number of aryl methyl sites for hydroxylation is 1. The van der Waals surface area contributed by atoms with Crippen LogP contribution in [-0.2, 0) is 0 Å². The predicted octanol–water partition coefficient (Wildman–Crippen LogP) is 1.08. The van der Waals surface area contributed by atoms with Crippen LogP contribution in [0, 0.1) is 6.92 Å². The molecule has 1 saturated heterocycles. The van der Waals surface area contributed by atoms with Crippen LogP contribution in [0.5, 0.6) is 0 Å². The van der Waals surface area contributed by atoms with Gasteiger partial charge in [0, 0.05) is 37.3 Å². The molecule has 3 heterocycles. The largest absolute Gasteiger partial charge is 0.366 e. The highest BCUT2D eigenvalue weighted by Gasteiger charge is 2.26. The van der Waals surface area contributed by atoms with E-state index in [1.165, 1.54) is 23.6 Å². The topological polar surface area (TPSA) is 99.5 Å². The first-order chi connectivity index (χ1) is 11.5. The Bertz CT molecular complexity index is 787. The van der Waals surface area contributed by atoms with E-state index >= 15 is 0 Å². The summed E-state index contributed by atoms with van der Waals surface area (Å²) in [4.78, 5) is 44.0. The molecule has 0 spiro atoms. The van der Waals surface area contributed by atoms with Crippen LogP contribution in [0.3, 0.4) is 0 Å². The summed E-state index contributed by atoms with van der Waals surface area (Å²) in [5.41, 5.74) is 5.80. The normalized spacial score (nSPS) is 14.7. The summed E-state index contributed by atoms with van der Waals surface area (Å²) >= 11 is 1.48. The van der Waals surface area contributed by atoms with Gasteiger partial charge < -0.3 is 20.5 Å². The fourth-order valence-electron chi connectivity index (χ4n) is 2.65. The fourth-order valence-corrected chi connectivity index (χ4v) is 3.48. The molecule has 3 N–H and O–H groups in total. The van der Waals surface area contributed by atoms with Gasteiger partial charge in [-0.05, 0) is 25.1 Å². The van der Waals surface area contributed by atoms with E-state index in [0.717, 1.165) is 9.75 Å². The van der Waals surface area contributed by atoms with Crippen LogP contribution < -0.4 is 5.73 Å². The van der Waals surface area contributed by atoms with E-state index in [0.29, 0.717) is 31.9 Å². The SMILES string of the molecule is Cc1ccc(C(=O)N2CCN(C(=O)c3cc(C(N)=O)c[nH]3)CC2)s1. The summed E-state index contributed by atoms with van der Waals surface area (Å²) in [6.07, 6.45) is 1.43. The number of thiophene rings is 1. The summed E-state index contributed by atoms with van der Waals surface area (Å²) in [5, 5.41) is 0. The van der Waals surface area contributed by atoms with Crippen LogP contribution in [0.25, 0.3) is 0 Å². The molecule has 7 nitrogen and oxygen atoms in total. The molecule has 1 aliphatic rings. The van der Waals surface area contributed by atoms with Gasteiger partial charge in [0.2, 0.25) is 5.91 Å². The number of hydrogen-bond acceptors (Lipinski definition) is 4. The van der Waals surface area contributed by atoms with Crippen molar-refractivity contribution in [3.8, 4) is 0 Å². The maximum Gasteiger partial charge on any atom is 0.270 e. The first kappa shape index (κ1) is 16.3.